The molecule has 0 fully saturated rings. The Kier molecular flexibility index (Phi) is 7.39. The molecule has 4 aromatic heterocycles. The van der Waals surface area contributed by atoms with E-state index in [9.17, 15) is 0 Å². The van der Waals surface area contributed by atoms with Crippen LogP contribution in [-0.4, -0.2) is 4.57 Å². The summed E-state index contributed by atoms with van der Waals surface area (Å²) in [5, 5.41) is 0. The predicted molar refractivity (Wildman–Crippen MR) is 156 cm³/mol. The number of hydrogen-bond acceptors (Lipinski definition) is 5. The highest BCUT2D eigenvalue weighted by molar-refractivity contribution is 7.30. The molecule has 0 aromatic carbocycles. The summed E-state index contributed by atoms with van der Waals surface area (Å²) in [5.74, 6) is 0. The van der Waals surface area contributed by atoms with E-state index in [1.807, 2.05) is 34.0 Å². The van der Waals surface area contributed by atoms with Crippen molar-refractivity contribution in [3.8, 4) is 9.75 Å². The van der Waals surface area contributed by atoms with E-state index in [1.54, 1.807) is 0 Å². The lowest BCUT2D eigenvalue weighted by atomic mass is 9.99. The summed E-state index contributed by atoms with van der Waals surface area (Å²) in [6, 6.07) is 4.78. The molecule has 0 aliphatic carbocycles. The van der Waals surface area contributed by atoms with Crippen LogP contribution in [0, 0.1) is 13.8 Å². The highest BCUT2D eigenvalue weighted by Crippen LogP contribution is 2.48. The van der Waals surface area contributed by atoms with Crippen LogP contribution in [0.3, 0.4) is 0 Å². The Morgan fingerprint density at radius 1 is 0.765 bits per heavy atom. The van der Waals surface area contributed by atoms with Gasteiger partial charge in [-0.1, -0.05) is 39.0 Å². The molecule has 6 heteroatoms. The third kappa shape index (κ3) is 4.90. The quantitative estimate of drug-likeness (QED) is 0.207. The van der Waals surface area contributed by atoms with Gasteiger partial charge in [0.1, 0.15) is 0 Å². The SMILES string of the molecule is CCCCCCCCn1c2cc(-c3sc(C(C)(C)N)c(C)c3C)sc2c2sc(C(C)(C)N)cc21. The van der Waals surface area contributed by atoms with Crippen LogP contribution >= 0.6 is 34.0 Å². The van der Waals surface area contributed by atoms with Gasteiger partial charge in [0.15, 0.2) is 0 Å². The molecule has 4 heterocycles. The zero-order chi connectivity index (χ0) is 24.8. The van der Waals surface area contributed by atoms with Crippen LogP contribution < -0.4 is 11.5 Å². The second-order valence-corrected chi connectivity index (χ2v) is 14.1. The zero-order valence-electron chi connectivity index (χ0n) is 21.9. The van der Waals surface area contributed by atoms with Crippen molar-refractivity contribution >= 4 is 54.4 Å². The summed E-state index contributed by atoms with van der Waals surface area (Å²) < 4.78 is 5.38. The van der Waals surface area contributed by atoms with Gasteiger partial charge in [0.2, 0.25) is 0 Å². The number of thiophene rings is 3. The molecule has 0 spiro atoms. The predicted octanol–water partition coefficient (Wildman–Crippen LogP) is 9.01. The minimum absolute atomic E-state index is 0.315. The Labute approximate surface area is 217 Å². The molecule has 0 amide bonds. The second kappa shape index (κ2) is 9.70. The van der Waals surface area contributed by atoms with Gasteiger partial charge in [-0.3, -0.25) is 0 Å². The summed E-state index contributed by atoms with van der Waals surface area (Å²) in [5.41, 5.74) is 17.9. The first-order valence-electron chi connectivity index (χ1n) is 12.7. The van der Waals surface area contributed by atoms with Crippen LogP contribution in [0.15, 0.2) is 12.1 Å². The van der Waals surface area contributed by atoms with Crippen LogP contribution in [0.2, 0.25) is 0 Å². The summed E-state index contributed by atoms with van der Waals surface area (Å²) in [4.78, 5) is 5.30. The van der Waals surface area contributed by atoms with E-state index in [2.05, 4.69) is 65.2 Å². The van der Waals surface area contributed by atoms with Crippen molar-refractivity contribution in [2.24, 2.45) is 11.5 Å². The molecule has 0 saturated carbocycles. The Morgan fingerprint density at radius 2 is 1.38 bits per heavy atom. The van der Waals surface area contributed by atoms with Crippen molar-refractivity contribution in [1.82, 2.24) is 4.57 Å². The number of hydrogen-bond donors (Lipinski definition) is 2. The van der Waals surface area contributed by atoms with Crippen LogP contribution in [0.25, 0.3) is 30.2 Å². The van der Waals surface area contributed by atoms with Crippen molar-refractivity contribution in [1.29, 1.82) is 0 Å². The van der Waals surface area contributed by atoms with E-state index in [1.165, 1.54) is 89.6 Å². The van der Waals surface area contributed by atoms with Crippen LogP contribution in [0.1, 0.15) is 94.0 Å². The number of nitrogens with two attached hydrogens (primary N) is 2. The maximum Gasteiger partial charge on any atom is 0.0707 e. The first-order valence-corrected chi connectivity index (χ1v) is 15.1. The van der Waals surface area contributed by atoms with Crippen molar-refractivity contribution < 1.29 is 0 Å². The summed E-state index contributed by atoms with van der Waals surface area (Å²) in [6.45, 7) is 16.3. The van der Waals surface area contributed by atoms with Crippen LogP contribution in [0.5, 0.6) is 0 Å². The summed E-state index contributed by atoms with van der Waals surface area (Å²) >= 11 is 5.69. The lowest BCUT2D eigenvalue weighted by Crippen LogP contribution is -2.28. The van der Waals surface area contributed by atoms with Gasteiger partial charge in [0.05, 0.1) is 20.4 Å². The molecule has 0 radical (unpaired) electrons. The maximum atomic E-state index is 6.51. The molecule has 186 valence electrons. The molecule has 0 aliphatic rings. The van der Waals surface area contributed by atoms with Gasteiger partial charge in [-0.15, -0.1) is 34.0 Å². The average molecular weight is 516 g/mol. The number of fused-ring (bicyclic) bond motifs is 3. The molecule has 34 heavy (non-hydrogen) atoms. The molecule has 0 bridgehead atoms. The number of rotatable bonds is 10. The number of nitrogens with zero attached hydrogens (tertiary/aromatic N) is 1. The molecule has 0 aliphatic heterocycles. The maximum absolute atomic E-state index is 6.51. The highest BCUT2D eigenvalue weighted by Gasteiger charge is 2.26. The van der Waals surface area contributed by atoms with Crippen molar-refractivity contribution in [2.45, 2.75) is 105 Å². The fourth-order valence-electron chi connectivity index (χ4n) is 4.79. The molecule has 4 N–H and O–H groups in total. The van der Waals surface area contributed by atoms with E-state index in [0.29, 0.717) is 0 Å². The lowest BCUT2D eigenvalue weighted by Gasteiger charge is -2.17. The third-order valence-electron chi connectivity index (χ3n) is 6.84. The Bertz CT molecular complexity index is 1280. The van der Waals surface area contributed by atoms with Crippen molar-refractivity contribution in [3.63, 3.8) is 0 Å². The van der Waals surface area contributed by atoms with Gasteiger partial charge in [-0.05, 0) is 71.2 Å². The Balaban J connectivity index is 1.77. The number of aryl methyl sites for hydroxylation is 1. The van der Waals surface area contributed by atoms with E-state index in [-0.39, 0.29) is 11.1 Å². The van der Waals surface area contributed by atoms with Gasteiger partial charge in [0, 0.05) is 37.1 Å². The normalized spacial score (nSPS) is 13.1. The minimum Gasteiger partial charge on any atom is -0.339 e. The smallest absolute Gasteiger partial charge is 0.0707 e. The van der Waals surface area contributed by atoms with Crippen molar-refractivity contribution in [3.05, 3.63) is 33.0 Å². The summed E-state index contributed by atoms with van der Waals surface area (Å²) in [7, 11) is 0. The molecule has 0 atom stereocenters. The van der Waals surface area contributed by atoms with Gasteiger partial charge < -0.3 is 16.0 Å². The molecular weight excluding hydrogens is 475 g/mol. The molecule has 3 nitrogen and oxygen atoms in total. The third-order valence-corrected chi connectivity index (χ3v) is 11.5. The van der Waals surface area contributed by atoms with Crippen LogP contribution in [-0.2, 0) is 17.6 Å². The molecule has 0 saturated heterocycles. The van der Waals surface area contributed by atoms with E-state index in [0.717, 1.165) is 6.54 Å². The standard InChI is InChI=1S/C28H41N3S3/c1-8-9-10-11-12-13-14-31-19-15-21(23-17(2)18(3)26(34-23)28(6,7)30)32-24(19)25-20(31)16-22(33-25)27(4,5)29/h15-16H,8-14,29-30H2,1-7H3. The van der Waals surface area contributed by atoms with E-state index < -0.39 is 0 Å². The van der Waals surface area contributed by atoms with Gasteiger partial charge in [-0.2, -0.15) is 0 Å². The zero-order valence-corrected chi connectivity index (χ0v) is 24.4. The van der Waals surface area contributed by atoms with Gasteiger partial charge >= 0.3 is 0 Å². The number of aromatic nitrogens is 1. The fraction of sp³-hybridized carbons (Fsp3) is 0.571. The highest BCUT2D eigenvalue weighted by atomic mass is 32.1. The topological polar surface area (TPSA) is 57.0 Å². The number of unbranched alkanes of at least 4 members (excludes halogenated alkanes) is 5. The Hall–Kier alpha value is -1.18. The average Bonchev–Trinajstić information content (AvgIpc) is 3.46. The summed E-state index contributed by atoms with van der Waals surface area (Å²) in [6.07, 6.45) is 7.88. The molecule has 0 unspecified atom stereocenters. The molecule has 4 rings (SSSR count). The van der Waals surface area contributed by atoms with Gasteiger partial charge in [0.25, 0.3) is 0 Å². The first-order chi connectivity index (χ1) is 15.9. The second-order valence-electron chi connectivity index (χ2n) is 11.0. The Morgan fingerprint density at radius 3 is 2.00 bits per heavy atom. The van der Waals surface area contributed by atoms with Gasteiger partial charge in [-0.25, -0.2) is 0 Å². The monoisotopic (exact) mass is 515 g/mol. The van der Waals surface area contributed by atoms with Crippen LogP contribution in [0.4, 0.5) is 0 Å². The van der Waals surface area contributed by atoms with Crippen molar-refractivity contribution in [2.75, 3.05) is 0 Å². The lowest BCUT2D eigenvalue weighted by molar-refractivity contribution is 0.563. The first kappa shape index (κ1) is 25.9. The minimum atomic E-state index is -0.315. The molecular formula is C28H41N3S3. The largest absolute Gasteiger partial charge is 0.339 e. The fourth-order valence-corrected chi connectivity index (χ4v) is 8.76. The van der Waals surface area contributed by atoms with E-state index >= 15 is 0 Å². The van der Waals surface area contributed by atoms with E-state index in [4.69, 9.17) is 11.5 Å². The molecule has 4 aromatic rings.